The first-order valence-electron chi connectivity index (χ1n) is 9.98. The number of benzene rings is 2. The lowest BCUT2D eigenvalue weighted by atomic mass is 10.1. The summed E-state index contributed by atoms with van der Waals surface area (Å²) in [5.41, 5.74) is 1.49. The van der Waals surface area contributed by atoms with Crippen LogP contribution < -0.4 is 20.3 Å². The maximum Gasteiger partial charge on any atom is 0.256 e. The van der Waals surface area contributed by atoms with Crippen molar-refractivity contribution in [3.63, 3.8) is 0 Å². The standard InChI is InChI=1S/C23H23ClN2O5/c1-28-19-9-8-15(12-18(19)24)26-23-17(22(27)25-13-16-6-4-10-30-16)11-14-5-3-7-20(29-2)21(14)31-23/h3,5,7-9,11-12,16H,4,6,10,13H2,1-2H3,(H,25,27)/t16-/m0/s1. The van der Waals surface area contributed by atoms with Crippen LogP contribution in [0.2, 0.25) is 5.02 Å². The quantitative estimate of drug-likeness (QED) is 0.617. The predicted octanol–water partition coefficient (Wildman–Crippen LogP) is 4.24. The molecule has 0 radical (unpaired) electrons. The molecule has 7 nitrogen and oxygen atoms in total. The number of carbonyl (C=O) groups is 1. The Hall–Kier alpha value is -3.03. The first-order valence-corrected chi connectivity index (χ1v) is 10.4. The van der Waals surface area contributed by atoms with Gasteiger partial charge in [0, 0.05) is 18.5 Å². The third-order valence-corrected chi connectivity index (χ3v) is 5.38. The molecule has 1 atom stereocenters. The molecule has 0 bridgehead atoms. The molecule has 0 unspecified atom stereocenters. The summed E-state index contributed by atoms with van der Waals surface area (Å²) in [4.78, 5) is 17.6. The molecule has 2 aromatic carbocycles. The second-order valence-corrected chi connectivity index (χ2v) is 7.53. The van der Waals surface area contributed by atoms with Crippen LogP contribution in [0.4, 0.5) is 5.69 Å². The van der Waals surface area contributed by atoms with Crippen LogP contribution in [0.15, 0.2) is 51.9 Å². The molecule has 162 valence electrons. The van der Waals surface area contributed by atoms with Crippen molar-refractivity contribution in [1.82, 2.24) is 5.32 Å². The van der Waals surface area contributed by atoms with E-state index in [9.17, 15) is 4.79 Å². The molecule has 3 aromatic rings. The van der Waals surface area contributed by atoms with E-state index < -0.39 is 0 Å². The number of ether oxygens (including phenoxy) is 3. The SMILES string of the molecule is COc1ccc(N=c2oc3c(OC)cccc3cc2C(=O)NC[C@@H]2CCCO2)cc1Cl. The van der Waals surface area contributed by atoms with E-state index in [1.54, 1.807) is 44.6 Å². The molecule has 1 aromatic heterocycles. The fraction of sp³-hybridized carbons (Fsp3) is 0.304. The Morgan fingerprint density at radius 2 is 2.03 bits per heavy atom. The highest BCUT2D eigenvalue weighted by atomic mass is 35.5. The molecule has 0 saturated carbocycles. The van der Waals surface area contributed by atoms with Crippen LogP contribution in [0.5, 0.6) is 11.5 Å². The van der Waals surface area contributed by atoms with E-state index >= 15 is 0 Å². The molecular formula is C23H23ClN2O5. The molecule has 2 heterocycles. The molecule has 1 saturated heterocycles. The van der Waals surface area contributed by atoms with Crippen LogP contribution in [0.1, 0.15) is 23.2 Å². The number of hydrogen-bond acceptors (Lipinski definition) is 6. The highest BCUT2D eigenvalue weighted by molar-refractivity contribution is 6.32. The Morgan fingerprint density at radius 3 is 2.74 bits per heavy atom. The fourth-order valence-electron chi connectivity index (χ4n) is 3.48. The first-order chi connectivity index (χ1) is 15.1. The first kappa shape index (κ1) is 21.2. The normalized spacial score (nSPS) is 16.5. The second kappa shape index (κ2) is 9.41. The number of methoxy groups -OCH3 is 2. The number of nitrogens with zero attached hydrogens (tertiary/aromatic N) is 1. The zero-order chi connectivity index (χ0) is 21.8. The van der Waals surface area contributed by atoms with Crippen LogP contribution in [0.25, 0.3) is 11.0 Å². The van der Waals surface area contributed by atoms with Crippen LogP contribution in [-0.4, -0.2) is 39.4 Å². The highest BCUT2D eigenvalue weighted by Gasteiger charge is 2.19. The number of nitrogens with one attached hydrogen (secondary N) is 1. The number of para-hydroxylation sites is 1. The van der Waals surface area contributed by atoms with Gasteiger partial charge in [-0.25, -0.2) is 4.99 Å². The van der Waals surface area contributed by atoms with Crippen molar-refractivity contribution in [1.29, 1.82) is 0 Å². The summed E-state index contributed by atoms with van der Waals surface area (Å²) in [5, 5.41) is 4.07. The Bertz CT molecular complexity index is 1170. The molecule has 4 rings (SSSR count). The molecule has 1 aliphatic heterocycles. The van der Waals surface area contributed by atoms with Gasteiger partial charge in [0.1, 0.15) is 11.3 Å². The maximum absolute atomic E-state index is 13.0. The average Bonchev–Trinajstić information content (AvgIpc) is 3.30. The molecule has 1 amide bonds. The van der Waals surface area contributed by atoms with E-state index in [0.29, 0.717) is 39.9 Å². The van der Waals surface area contributed by atoms with Gasteiger partial charge in [-0.15, -0.1) is 0 Å². The second-order valence-electron chi connectivity index (χ2n) is 7.12. The number of rotatable bonds is 6. The molecule has 1 fully saturated rings. The van der Waals surface area contributed by atoms with Gasteiger partial charge in [-0.05, 0) is 43.2 Å². The number of carbonyl (C=O) groups excluding carboxylic acids is 1. The van der Waals surface area contributed by atoms with Crippen molar-refractivity contribution in [2.45, 2.75) is 18.9 Å². The van der Waals surface area contributed by atoms with E-state index in [1.807, 2.05) is 12.1 Å². The van der Waals surface area contributed by atoms with Crippen molar-refractivity contribution < 1.29 is 23.4 Å². The lowest BCUT2D eigenvalue weighted by Crippen LogP contribution is -2.34. The van der Waals surface area contributed by atoms with E-state index in [4.69, 9.17) is 30.2 Å². The molecule has 31 heavy (non-hydrogen) atoms. The monoisotopic (exact) mass is 442 g/mol. The van der Waals surface area contributed by atoms with Crippen molar-refractivity contribution in [2.75, 3.05) is 27.4 Å². The highest BCUT2D eigenvalue weighted by Crippen LogP contribution is 2.29. The molecule has 0 spiro atoms. The summed E-state index contributed by atoms with van der Waals surface area (Å²) in [6, 6.07) is 12.3. The van der Waals surface area contributed by atoms with Gasteiger partial charge in [0.15, 0.2) is 11.3 Å². The van der Waals surface area contributed by atoms with Crippen LogP contribution >= 0.6 is 11.6 Å². The summed E-state index contributed by atoms with van der Waals surface area (Å²) in [6.07, 6.45) is 1.97. The Balaban J connectivity index is 1.79. The van der Waals surface area contributed by atoms with E-state index in [1.165, 1.54) is 0 Å². The lowest BCUT2D eigenvalue weighted by molar-refractivity contribution is 0.0854. The fourth-order valence-corrected chi connectivity index (χ4v) is 3.73. The minimum Gasteiger partial charge on any atom is -0.495 e. The van der Waals surface area contributed by atoms with Gasteiger partial charge in [-0.2, -0.15) is 0 Å². The van der Waals surface area contributed by atoms with E-state index in [0.717, 1.165) is 24.8 Å². The Kier molecular flexibility index (Phi) is 6.44. The number of amides is 1. The van der Waals surface area contributed by atoms with Gasteiger partial charge in [0.2, 0.25) is 5.55 Å². The van der Waals surface area contributed by atoms with Gasteiger partial charge in [-0.3, -0.25) is 4.79 Å². The molecular weight excluding hydrogens is 420 g/mol. The van der Waals surface area contributed by atoms with Crippen LogP contribution in [0.3, 0.4) is 0 Å². The van der Waals surface area contributed by atoms with E-state index in [-0.39, 0.29) is 17.6 Å². The third-order valence-electron chi connectivity index (χ3n) is 5.08. The molecule has 0 aliphatic carbocycles. The van der Waals surface area contributed by atoms with Crippen molar-refractivity contribution in [3.8, 4) is 11.5 Å². The largest absolute Gasteiger partial charge is 0.495 e. The van der Waals surface area contributed by atoms with E-state index in [2.05, 4.69) is 10.3 Å². The zero-order valence-corrected chi connectivity index (χ0v) is 18.1. The average molecular weight is 443 g/mol. The summed E-state index contributed by atoms with van der Waals surface area (Å²) in [6.45, 7) is 1.16. The smallest absolute Gasteiger partial charge is 0.256 e. The van der Waals surface area contributed by atoms with Gasteiger partial charge < -0.3 is 23.9 Å². The lowest BCUT2D eigenvalue weighted by Gasteiger charge is -2.12. The third kappa shape index (κ3) is 4.68. The number of halogens is 1. The summed E-state index contributed by atoms with van der Waals surface area (Å²) in [5.74, 6) is 0.794. The van der Waals surface area contributed by atoms with Gasteiger partial charge in [0.25, 0.3) is 5.91 Å². The van der Waals surface area contributed by atoms with Gasteiger partial charge >= 0.3 is 0 Å². The predicted molar refractivity (Wildman–Crippen MR) is 117 cm³/mol. The molecule has 8 heteroatoms. The summed E-state index contributed by atoms with van der Waals surface area (Å²) in [7, 11) is 3.10. The van der Waals surface area contributed by atoms with Crippen molar-refractivity contribution in [2.24, 2.45) is 4.99 Å². The Labute approximate surface area is 184 Å². The summed E-state index contributed by atoms with van der Waals surface area (Å²) < 4.78 is 22.2. The number of fused-ring (bicyclic) bond motifs is 1. The minimum absolute atomic E-state index is 0.0298. The molecule has 1 aliphatic rings. The number of hydrogen-bond donors (Lipinski definition) is 1. The van der Waals surface area contributed by atoms with Crippen molar-refractivity contribution >= 4 is 34.2 Å². The van der Waals surface area contributed by atoms with Gasteiger partial charge in [-0.1, -0.05) is 23.7 Å². The van der Waals surface area contributed by atoms with Crippen LogP contribution in [-0.2, 0) is 4.74 Å². The maximum atomic E-state index is 13.0. The van der Waals surface area contributed by atoms with Crippen molar-refractivity contribution in [3.05, 3.63) is 58.6 Å². The summed E-state index contributed by atoms with van der Waals surface area (Å²) >= 11 is 6.23. The van der Waals surface area contributed by atoms with Crippen LogP contribution in [0, 0.1) is 0 Å². The topological polar surface area (TPSA) is 82.3 Å². The Morgan fingerprint density at radius 1 is 1.19 bits per heavy atom. The van der Waals surface area contributed by atoms with Gasteiger partial charge in [0.05, 0.1) is 31.0 Å². The minimum atomic E-state index is -0.290. The molecule has 1 N–H and O–H groups in total. The zero-order valence-electron chi connectivity index (χ0n) is 17.3.